The van der Waals surface area contributed by atoms with Gasteiger partial charge in [0.25, 0.3) is 0 Å². The van der Waals surface area contributed by atoms with Crippen molar-refractivity contribution in [3.63, 3.8) is 0 Å². The number of aliphatic hydroxyl groups is 1. The zero-order valence-corrected chi connectivity index (χ0v) is 7.00. The fourth-order valence-electron chi connectivity index (χ4n) is 2.10. The van der Waals surface area contributed by atoms with Gasteiger partial charge in [-0.15, -0.1) is 0 Å². The van der Waals surface area contributed by atoms with E-state index in [9.17, 15) is 0 Å². The maximum Gasteiger partial charge on any atom is 0.0471 e. The van der Waals surface area contributed by atoms with E-state index in [0.717, 1.165) is 12.6 Å². The van der Waals surface area contributed by atoms with Gasteiger partial charge < -0.3 is 10.0 Å². The van der Waals surface area contributed by atoms with Crippen LogP contribution < -0.4 is 0 Å². The number of hydrogen-bond acceptors (Lipinski definition) is 2. The van der Waals surface area contributed by atoms with Crippen molar-refractivity contribution in [2.45, 2.75) is 31.7 Å². The molecule has 2 aliphatic rings. The monoisotopic (exact) mass is 155 g/mol. The van der Waals surface area contributed by atoms with Crippen molar-refractivity contribution in [1.82, 2.24) is 4.90 Å². The molecule has 2 heteroatoms. The first-order chi connectivity index (χ1) is 5.40. The van der Waals surface area contributed by atoms with Crippen molar-refractivity contribution in [3.8, 4) is 0 Å². The Kier molecular flexibility index (Phi) is 2.14. The smallest absolute Gasteiger partial charge is 0.0471 e. The molecule has 1 heterocycles. The lowest BCUT2D eigenvalue weighted by molar-refractivity contribution is 0.143. The normalized spacial score (nSPS) is 34.1. The van der Waals surface area contributed by atoms with Gasteiger partial charge in [-0.2, -0.15) is 0 Å². The van der Waals surface area contributed by atoms with E-state index in [2.05, 4.69) is 4.90 Å². The standard InChI is InChI=1S/C9H17NO/c11-7-8-4-5-10(6-8)9-2-1-3-9/h8-9,11H,1-7H2/t8-/m1/s1. The summed E-state index contributed by atoms with van der Waals surface area (Å²) < 4.78 is 0. The molecular weight excluding hydrogens is 138 g/mol. The molecule has 64 valence electrons. The molecule has 1 atom stereocenters. The van der Waals surface area contributed by atoms with E-state index in [1.807, 2.05) is 0 Å². The van der Waals surface area contributed by atoms with Gasteiger partial charge in [-0.3, -0.25) is 0 Å². The van der Waals surface area contributed by atoms with Gasteiger partial charge in [0, 0.05) is 19.2 Å². The highest BCUT2D eigenvalue weighted by molar-refractivity contribution is 4.85. The molecule has 0 bridgehead atoms. The Morgan fingerprint density at radius 1 is 1.27 bits per heavy atom. The summed E-state index contributed by atoms with van der Waals surface area (Å²) in [4.78, 5) is 2.56. The van der Waals surface area contributed by atoms with Gasteiger partial charge in [0.05, 0.1) is 0 Å². The molecule has 0 unspecified atom stereocenters. The average Bonchev–Trinajstić information content (AvgIpc) is 2.32. The van der Waals surface area contributed by atoms with Gasteiger partial charge in [0.1, 0.15) is 0 Å². The Balaban J connectivity index is 1.79. The molecule has 1 aliphatic carbocycles. The number of rotatable bonds is 2. The molecular formula is C9H17NO. The summed E-state index contributed by atoms with van der Waals surface area (Å²) in [5, 5.41) is 8.93. The van der Waals surface area contributed by atoms with Gasteiger partial charge in [0.15, 0.2) is 0 Å². The number of aliphatic hydroxyl groups excluding tert-OH is 1. The minimum atomic E-state index is 0.392. The first-order valence-corrected chi connectivity index (χ1v) is 4.75. The Hall–Kier alpha value is -0.0800. The lowest BCUT2D eigenvalue weighted by Gasteiger charge is -2.34. The fourth-order valence-corrected chi connectivity index (χ4v) is 2.10. The predicted octanol–water partition coefficient (Wildman–Crippen LogP) is 0.853. The highest BCUT2D eigenvalue weighted by Crippen LogP contribution is 2.29. The molecule has 0 aromatic rings. The van der Waals surface area contributed by atoms with Crippen molar-refractivity contribution < 1.29 is 5.11 Å². The minimum Gasteiger partial charge on any atom is -0.396 e. The summed E-state index contributed by atoms with van der Waals surface area (Å²) in [6.45, 7) is 2.78. The minimum absolute atomic E-state index is 0.392. The number of likely N-dealkylation sites (tertiary alicyclic amines) is 1. The summed E-state index contributed by atoms with van der Waals surface area (Å²) in [7, 11) is 0. The quantitative estimate of drug-likeness (QED) is 0.639. The molecule has 2 rings (SSSR count). The number of hydrogen-bond donors (Lipinski definition) is 1. The second kappa shape index (κ2) is 3.11. The second-order valence-corrected chi connectivity index (χ2v) is 3.92. The third kappa shape index (κ3) is 1.42. The van der Waals surface area contributed by atoms with Crippen molar-refractivity contribution in [1.29, 1.82) is 0 Å². The van der Waals surface area contributed by atoms with Gasteiger partial charge in [0.2, 0.25) is 0 Å². The number of nitrogens with zero attached hydrogens (tertiary/aromatic N) is 1. The van der Waals surface area contributed by atoms with Crippen molar-refractivity contribution in [2.75, 3.05) is 19.7 Å². The Morgan fingerprint density at radius 2 is 2.09 bits per heavy atom. The van der Waals surface area contributed by atoms with E-state index in [1.54, 1.807) is 0 Å². The molecule has 1 N–H and O–H groups in total. The maximum absolute atomic E-state index is 8.93. The van der Waals surface area contributed by atoms with E-state index >= 15 is 0 Å². The Bertz CT molecular complexity index is 134. The average molecular weight is 155 g/mol. The zero-order chi connectivity index (χ0) is 7.68. The molecule has 2 fully saturated rings. The maximum atomic E-state index is 8.93. The highest BCUT2D eigenvalue weighted by Gasteiger charge is 2.30. The summed E-state index contributed by atoms with van der Waals surface area (Å²) in [5.41, 5.74) is 0. The summed E-state index contributed by atoms with van der Waals surface area (Å²) in [6, 6.07) is 0.881. The summed E-state index contributed by atoms with van der Waals surface area (Å²) in [6.07, 6.45) is 5.44. The first-order valence-electron chi connectivity index (χ1n) is 4.75. The van der Waals surface area contributed by atoms with E-state index in [4.69, 9.17) is 5.11 Å². The van der Waals surface area contributed by atoms with Crippen LogP contribution in [0, 0.1) is 5.92 Å². The highest BCUT2D eigenvalue weighted by atomic mass is 16.3. The van der Waals surface area contributed by atoms with Gasteiger partial charge in [-0.05, 0) is 31.7 Å². The lowest BCUT2D eigenvalue weighted by Crippen LogP contribution is -2.38. The second-order valence-electron chi connectivity index (χ2n) is 3.92. The molecule has 1 saturated heterocycles. The molecule has 11 heavy (non-hydrogen) atoms. The van der Waals surface area contributed by atoms with Crippen LogP contribution in [-0.4, -0.2) is 35.7 Å². The van der Waals surface area contributed by atoms with Gasteiger partial charge in [-0.25, -0.2) is 0 Å². The molecule has 1 saturated carbocycles. The SMILES string of the molecule is OC[C@@H]1CCN(C2CCC2)C1. The molecule has 0 amide bonds. The summed E-state index contributed by atoms with van der Waals surface area (Å²) >= 11 is 0. The van der Waals surface area contributed by atoms with Crippen LogP contribution in [0.3, 0.4) is 0 Å². The van der Waals surface area contributed by atoms with Crippen LogP contribution in [0.5, 0.6) is 0 Å². The van der Waals surface area contributed by atoms with Crippen LogP contribution in [0.4, 0.5) is 0 Å². The third-order valence-corrected chi connectivity index (χ3v) is 3.17. The van der Waals surface area contributed by atoms with E-state index < -0.39 is 0 Å². The van der Waals surface area contributed by atoms with Crippen molar-refractivity contribution in [3.05, 3.63) is 0 Å². The third-order valence-electron chi connectivity index (χ3n) is 3.17. The molecule has 0 radical (unpaired) electrons. The van der Waals surface area contributed by atoms with Crippen LogP contribution in [-0.2, 0) is 0 Å². The molecule has 2 nitrogen and oxygen atoms in total. The lowest BCUT2D eigenvalue weighted by atomic mass is 9.92. The largest absolute Gasteiger partial charge is 0.396 e. The van der Waals surface area contributed by atoms with Crippen LogP contribution in [0.2, 0.25) is 0 Å². The fraction of sp³-hybridized carbons (Fsp3) is 1.00. The Morgan fingerprint density at radius 3 is 2.55 bits per heavy atom. The van der Waals surface area contributed by atoms with Crippen LogP contribution >= 0.6 is 0 Å². The molecule has 0 aromatic heterocycles. The molecule has 0 aromatic carbocycles. The van der Waals surface area contributed by atoms with Crippen LogP contribution in [0.25, 0.3) is 0 Å². The van der Waals surface area contributed by atoms with E-state index in [-0.39, 0.29) is 0 Å². The van der Waals surface area contributed by atoms with Crippen molar-refractivity contribution in [2.24, 2.45) is 5.92 Å². The van der Waals surface area contributed by atoms with Gasteiger partial charge in [-0.1, -0.05) is 6.42 Å². The Labute approximate surface area is 68.2 Å². The molecule has 1 aliphatic heterocycles. The predicted molar refractivity (Wildman–Crippen MR) is 44.4 cm³/mol. The topological polar surface area (TPSA) is 23.5 Å². The summed E-state index contributed by atoms with van der Waals surface area (Å²) in [5.74, 6) is 0.579. The van der Waals surface area contributed by atoms with E-state index in [1.165, 1.54) is 32.2 Å². The molecule has 0 spiro atoms. The van der Waals surface area contributed by atoms with Crippen LogP contribution in [0.1, 0.15) is 25.7 Å². The first kappa shape index (κ1) is 7.56. The van der Waals surface area contributed by atoms with Gasteiger partial charge >= 0.3 is 0 Å². The zero-order valence-electron chi connectivity index (χ0n) is 7.00. The van der Waals surface area contributed by atoms with Crippen molar-refractivity contribution >= 4 is 0 Å². The van der Waals surface area contributed by atoms with E-state index in [0.29, 0.717) is 12.5 Å². The van der Waals surface area contributed by atoms with Crippen LogP contribution in [0.15, 0.2) is 0 Å².